The van der Waals surface area contributed by atoms with Crippen LogP contribution in [0.25, 0.3) is 0 Å². The molecule has 17 heavy (non-hydrogen) atoms. The van der Waals surface area contributed by atoms with Gasteiger partial charge in [0.1, 0.15) is 5.82 Å². The van der Waals surface area contributed by atoms with Gasteiger partial charge in [0.25, 0.3) is 0 Å². The first-order valence-corrected chi connectivity index (χ1v) is 7.99. The van der Waals surface area contributed by atoms with Gasteiger partial charge in [-0.25, -0.2) is 4.98 Å². The van der Waals surface area contributed by atoms with Gasteiger partial charge in [0.15, 0.2) is 0 Å². The summed E-state index contributed by atoms with van der Waals surface area (Å²) < 4.78 is 0.869. The van der Waals surface area contributed by atoms with Crippen LogP contribution in [0, 0.1) is 0 Å². The fourth-order valence-corrected chi connectivity index (χ4v) is 3.76. The quantitative estimate of drug-likeness (QED) is 0.844. The average molecular weight is 337 g/mol. The van der Waals surface area contributed by atoms with Crippen LogP contribution in [0.2, 0.25) is 5.28 Å². The van der Waals surface area contributed by atoms with Crippen molar-refractivity contribution in [1.82, 2.24) is 9.97 Å². The highest BCUT2D eigenvalue weighted by Crippen LogP contribution is 2.33. The molecule has 94 valence electrons. The van der Waals surface area contributed by atoms with Crippen LogP contribution in [0.1, 0.15) is 26.2 Å². The molecule has 1 saturated carbocycles. The number of anilines is 1. The minimum absolute atomic E-state index is 0.286. The van der Waals surface area contributed by atoms with Crippen molar-refractivity contribution in [3.8, 4) is 0 Å². The van der Waals surface area contributed by atoms with Crippen LogP contribution >= 0.6 is 39.3 Å². The maximum atomic E-state index is 5.81. The van der Waals surface area contributed by atoms with Crippen molar-refractivity contribution in [3.63, 3.8) is 0 Å². The molecule has 0 spiro atoms. The Labute approximate surface area is 119 Å². The molecule has 2 unspecified atom stereocenters. The molecule has 0 saturated heterocycles. The lowest BCUT2D eigenvalue weighted by molar-refractivity contribution is 0.760. The van der Waals surface area contributed by atoms with E-state index in [0.717, 1.165) is 16.0 Å². The number of thioether (sulfide) groups is 1. The third-order valence-electron chi connectivity index (χ3n) is 2.87. The summed E-state index contributed by atoms with van der Waals surface area (Å²) in [6, 6.07) is 0.488. The van der Waals surface area contributed by atoms with Gasteiger partial charge in [0.05, 0.1) is 4.47 Å². The van der Waals surface area contributed by atoms with E-state index in [9.17, 15) is 0 Å². The van der Waals surface area contributed by atoms with E-state index >= 15 is 0 Å². The molecular weight excluding hydrogens is 322 g/mol. The fourth-order valence-electron chi connectivity index (χ4n) is 2.13. The maximum Gasteiger partial charge on any atom is 0.224 e. The van der Waals surface area contributed by atoms with Crippen LogP contribution in [0.3, 0.4) is 0 Å². The van der Waals surface area contributed by atoms with Crippen LogP contribution in [0.4, 0.5) is 5.82 Å². The zero-order valence-corrected chi connectivity index (χ0v) is 12.8. The minimum Gasteiger partial charge on any atom is -0.365 e. The van der Waals surface area contributed by atoms with Gasteiger partial charge in [-0.3, -0.25) is 0 Å². The fraction of sp³-hybridized carbons (Fsp3) is 0.636. The zero-order valence-electron chi connectivity index (χ0n) is 9.62. The Morgan fingerprint density at radius 3 is 3.18 bits per heavy atom. The van der Waals surface area contributed by atoms with E-state index in [2.05, 4.69) is 38.1 Å². The Morgan fingerprint density at radius 2 is 2.41 bits per heavy atom. The second-order valence-electron chi connectivity index (χ2n) is 4.01. The van der Waals surface area contributed by atoms with Gasteiger partial charge in [-0.1, -0.05) is 13.3 Å². The molecule has 0 aliphatic heterocycles. The SMILES string of the molecule is CCSC1CCCC1Nc1nc(Cl)ncc1Br. The molecule has 6 heteroatoms. The highest BCUT2D eigenvalue weighted by Gasteiger charge is 2.27. The van der Waals surface area contributed by atoms with Gasteiger partial charge in [-0.15, -0.1) is 0 Å². The number of nitrogens with zero attached hydrogens (tertiary/aromatic N) is 2. The maximum absolute atomic E-state index is 5.81. The van der Waals surface area contributed by atoms with E-state index in [-0.39, 0.29) is 5.28 Å². The van der Waals surface area contributed by atoms with Gasteiger partial charge >= 0.3 is 0 Å². The number of hydrogen-bond donors (Lipinski definition) is 1. The Hall–Kier alpha value is -0.000000000000000111. The molecule has 2 rings (SSSR count). The molecule has 1 aromatic rings. The minimum atomic E-state index is 0.286. The van der Waals surface area contributed by atoms with Crippen molar-refractivity contribution in [3.05, 3.63) is 16.0 Å². The molecule has 1 heterocycles. The van der Waals surface area contributed by atoms with E-state index in [4.69, 9.17) is 11.6 Å². The molecule has 1 aromatic heterocycles. The molecule has 3 nitrogen and oxygen atoms in total. The van der Waals surface area contributed by atoms with Crippen LogP contribution in [0.15, 0.2) is 10.7 Å². The van der Waals surface area contributed by atoms with Crippen LogP contribution < -0.4 is 5.32 Å². The molecule has 1 aliphatic carbocycles. The largest absolute Gasteiger partial charge is 0.365 e. The second-order valence-corrected chi connectivity index (χ2v) is 6.72. The molecule has 0 amide bonds. The van der Waals surface area contributed by atoms with E-state index in [1.807, 2.05) is 11.8 Å². The third kappa shape index (κ3) is 3.48. The lowest BCUT2D eigenvalue weighted by Gasteiger charge is -2.21. The van der Waals surface area contributed by atoms with E-state index in [0.29, 0.717) is 11.3 Å². The topological polar surface area (TPSA) is 37.8 Å². The number of rotatable bonds is 4. The summed E-state index contributed by atoms with van der Waals surface area (Å²) in [5.74, 6) is 1.97. The molecule has 1 aliphatic rings. The monoisotopic (exact) mass is 335 g/mol. The Bertz CT molecular complexity index is 391. The first kappa shape index (κ1) is 13.4. The van der Waals surface area contributed by atoms with Gasteiger partial charge in [-0.2, -0.15) is 16.7 Å². The third-order valence-corrected chi connectivity index (χ3v) is 4.96. The number of nitrogens with one attached hydrogen (secondary N) is 1. The summed E-state index contributed by atoms with van der Waals surface area (Å²) >= 11 is 11.3. The van der Waals surface area contributed by atoms with Gasteiger partial charge in [0, 0.05) is 17.5 Å². The van der Waals surface area contributed by atoms with Crippen molar-refractivity contribution in [1.29, 1.82) is 0 Å². The van der Waals surface area contributed by atoms with E-state index in [1.165, 1.54) is 19.3 Å². The lowest BCUT2D eigenvalue weighted by atomic mass is 10.2. The Balaban J connectivity index is 2.06. The summed E-state index contributed by atoms with van der Waals surface area (Å²) in [6.45, 7) is 2.21. The Morgan fingerprint density at radius 1 is 1.59 bits per heavy atom. The predicted octanol–water partition coefficient (Wildman–Crippen LogP) is 3.98. The highest BCUT2D eigenvalue weighted by atomic mass is 79.9. The van der Waals surface area contributed by atoms with E-state index in [1.54, 1.807) is 6.20 Å². The van der Waals surface area contributed by atoms with Gasteiger partial charge in [-0.05, 0) is 46.1 Å². The lowest BCUT2D eigenvalue weighted by Crippen LogP contribution is -2.27. The van der Waals surface area contributed by atoms with Crippen molar-refractivity contribution in [2.24, 2.45) is 0 Å². The van der Waals surface area contributed by atoms with Crippen LogP contribution in [0.5, 0.6) is 0 Å². The van der Waals surface area contributed by atoms with Gasteiger partial charge < -0.3 is 5.32 Å². The summed E-state index contributed by atoms with van der Waals surface area (Å²) in [6.07, 6.45) is 5.46. The first-order valence-electron chi connectivity index (χ1n) is 5.77. The van der Waals surface area contributed by atoms with Crippen molar-refractivity contribution in [2.75, 3.05) is 11.1 Å². The molecule has 1 N–H and O–H groups in total. The van der Waals surface area contributed by atoms with E-state index < -0.39 is 0 Å². The normalized spacial score (nSPS) is 23.9. The summed E-state index contributed by atoms with van der Waals surface area (Å²) in [5, 5.41) is 4.45. The first-order chi connectivity index (χ1) is 8.20. The van der Waals surface area contributed by atoms with Crippen LogP contribution in [-0.4, -0.2) is 27.0 Å². The smallest absolute Gasteiger partial charge is 0.224 e. The van der Waals surface area contributed by atoms with Crippen molar-refractivity contribution >= 4 is 45.1 Å². The molecule has 0 aromatic carbocycles. The average Bonchev–Trinajstić information content (AvgIpc) is 2.72. The Kier molecular flexibility index (Phi) is 4.94. The number of hydrogen-bond acceptors (Lipinski definition) is 4. The van der Waals surface area contributed by atoms with Crippen molar-refractivity contribution in [2.45, 2.75) is 37.5 Å². The van der Waals surface area contributed by atoms with Crippen LogP contribution in [-0.2, 0) is 0 Å². The second kappa shape index (κ2) is 6.25. The number of aromatic nitrogens is 2. The molecular formula is C11H15BrClN3S. The summed E-state index contributed by atoms with van der Waals surface area (Å²) in [5.41, 5.74) is 0. The molecule has 0 bridgehead atoms. The standard InChI is InChI=1S/C11H15BrClN3S/c1-2-17-9-5-3-4-8(9)15-10-7(12)6-14-11(13)16-10/h6,8-9H,2-5H2,1H3,(H,14,15,16). The molecule has 2 atom stereocenters. The molecule has 0 radical (unpaired) electrons. The molecule has 1 fully saturated rings. The summed E-state index contributed by atoms with van der Waals surface area (Å²) in [7, 11) is 0. The predicted molar refractivity (Wildman–Crippen MR) is 77.9 cm³/mol. The van der Waals surface area contributed by atoms with Gasteiger partial charge in [0.2, 0.25) is 5.28 Å². The summed E-state index contributed by atoms with van der Waals surface area (Å²) in [4.78, 5) is 8.15. The number of halogens is 2. The zero-order chi connectivity index (χ0) is 12.3. The highest BCUT2D eigenvalue weighted by molar-refractivity contribution is 9.10. The van der Waals surface area contributed by atoms with Crippen molar-refractivity contribution < 1.29 is 0 Å².